The highest BCUT2D eigenvalue weighted by atomic mass is 19.5. The second-order valence-corrected chi connectivity index (χ2v) is 7.84. The molecule has 32 heavy (non-hydrogen) atoms. The highest BCUT2D eigenvalue weighted by Crippen LogP contribution is 2.36. The summed E-state index contributed by atoms with van der Waals surface area (Å²) in [6.07, 6.45) is 0. The molecule has 5 rings (SSSR count). The maximum absolute atomic E-state index is 9.75. The van der Waals surface area contributed by atoms with Crippen LogP contribution in [-0.2, 0) is 6.54 Å². The van der Waals surface area contributed by atoms with Crippen LogP contribution in [0.2, 0.25) is 0 Å². The fourth-order valence-corrected chi connectivity index (χ4v) is 4.22. The van der Waals surface area contributed by atoms with E-state index in [0.717, 1.165) is 6.54 Å². The molecule has 0 fully saturated rings. The largest absolute Gasteiger partial charge is 0.673 e. The molecule has 0 aliphatic carbocycles. The first-order valence-corrected chi connectivity index (χ1v) is 10.5. The number of rotatable bonds is 2. The Bertz CT molecular complexity index is 1180. The smallest absolute Gasteiger partial charge is 0.418 e. The lowest BCUT2D eigenvalue weighted by Crippen LogP contribution is -2.43. The van der Waals surface area contributed by atoms with Gasteiger partial charge in [0, 0.05) is 29.2 Å². The second kappa shape index (κ2) is 8.99. The Labute approximate surface area is 185 Å². The summed E-state index contributed by atoms with van der Waals surface area (Å²) in [5, 5.41) is 0. The van der Waals surface area contributed by atoms with E-state index in [1.165, 1.54) is 39.2 Å². The minimum Gasteiger partial charge on any atom is -0.418 e. The van der Waals surface area contributed by atoms with Crippen LogP contribution in [0.5, 0.6) is 0 Å². The van der Waals surface area contributed by atoms with Crippen LogP contribution in [0.15, 0.2) is 97.1 Å². The summed E-state index contributed by atoms with van der Waals surface area (Å²) in [5.41, 5.74) is 9.19. The second-order valence-electron chi connectivity index (χ2n) is 7.84. The van der Waals surface area contributed by atoms with Crippen LogP contribution in [-0.4, -0.2) is 7.25 Å². The van der Waals surface area contributed by atoms with Crippen LogP contribution in [0.1, 0.15) is 18.4 Å². The summed E-state index contributed by atoms with van der Waals surface area (Å²) in [6, 6.07) is 35.0. The lowest BCUT2D eigenvalue weighted by molar-refractivity contribution is -0.679. The van der Waals surface area contributed by atoms with E-state index in [0.29, 0.717) is 5.92 Å². The molecule has 0 spiro atoms. The molecule has 0 amide bonds. The number of hydrogen-bond acceptors (Lipinski definition) is 0. The van der Waals surface area contributed by atoms with E-state index < -0.39 is 7.25 Å². The molecule has 162 valence electrons. The van der Waals surface area contributed by atoms with Crippen molar-refractivity contribution in [3.05, 3.63) is 103 Å². The number of benzene rings is 3. The average molecular weight is 435 g/mol. The van der Waals surface area contributed by atoms with Gasteiger partial charge in [-0.15, -0.1) is 0 Å². The first-order chi connectivity index (χ1) is 15.3. The number of hydrogen-bond donors (Lipinski definition) is 0. The summed E-state index contributed by atoms with van der Waals surface area (Å²) in [5.74, 6) is 0.503. The normalized spacial score (nSPS) is 14.6. The maximum Gasteiger partial charge on any atom is 0.673 e. The maximum atomic E-state index is 9.75. The van der Waals surface area contributed by atoms with E-state index in [-0.39, 0.29) is 0 Å². The molecule has 1 atom stereocenters. The highest BCUT2D eigenvalue weighted by Gasteiger charge is 2.31. The van der Waals surface area contributed by atoms with Gasteiger partial charge in [0.15, 0.2) is 6.54 Å². The number of nitrogens with zero attached hydrogens (tertiary/aromatic N) is 1. The van der Waals surface area contributed by atoms with Crippen LogP contribution < -0.4 is 4.57 Å². The Morgan fingerprint density at radius 2 is 1.16 bits per heavy atom. The number of aromatic nitrogens is 1. The van der Waals surface area contributed by atoms with Crippen LogP contribution in [0.3, 0.4) is 0 Å². The van der Waals surface area contributed by atoms with Crippen molar-refractivity contribution < 1.29 is 21.8 Å². The molecule has 0 saturated heterocycles. The van der Waals surface area contributed by atoms with Crippen LogP contribution >= 0.6 is 0 Å². The van der Waals surface area contributed by atoms with E-state index >= 15 is 0 Å². The topological polar surface area (TPSA) is 3.88 Å². The zero-order chi connectivity index (χ0) is 22.7. The molecule has 0 saturated carbocycles. The SMILES string of the molecule is CC1C[n+]2c(-c3ccccc3)cc(-c3ccccc3)cc2-c2ccccc21.F[B-](F)(F)F. The van der Waals surface area contributed by atoms with Crippen molar-refractivity contribution in [2.45, 2.75) is 19.4 Å². The predicted octanol–water partition coefficient (Wildman–Crippen LogP) is 7.39. The molecular formula is C26H22BF4N. The molecular weight excluding hydrogens is 413 g/mol. The van der Waals surface area contributed by atoms with E-state index in [9.17, 15) is 17.3 Å². The first kappa shape index (κ1) is 21.8. The number of fused-ring (bicyclic) bond motifs is 3. The van der Waals surface area contributed by atoms with Gasteiger partial charge in [0.25, 0.3) is 0 Å². The fraction of sp³-hybridized carbons (Fsp3) is 0.115. The third kappa shape index (κ3) is 4.91. The minimum atomic E-state index is -6.00. The minimum absolute atomic E-state index is 0.503. The highest BCUT2D eigenvalue weighted by molar-refractivity contribution is 6.50. The predicted molar refractivity (Wildman–Crippen MR) is 122 cm³/mol. The quantitative estimate of drug-likeness (QED) is 0.176. The van der Waals surface area contributed by atoms with Crippen molar-refractivity contribution in [2.24, 2.45) is 0 Å². The van der Waals surface area contributed by atoms with Gasteiger partial charge < -0.3 is 17.3 Å². The Balaban J connectivity index is 0.000000444. The van der Waals surface area contributed by atoms with Gasteiger partial charge in [-0.3, -0.25) is 0 Å². The van der Waals surface area contributed by atoms with Crippen molar-refractivity contribution in [2.75, 3.05) is 0 Å². The van der Waals surface area contributed by atoms with Gasteiger partial charge in [-0.05, 0) is 34.9 Å². The zero-order valence-electron chi connectivity index (χ0n) is 17.6. The monoisotopic (exact) mass is 435 g/mol. The molecule has 1 unspecified atom stereocenters. The van der Waals surface area contributed by atoms with Gasteiger partial charge in [-0.25, -0.2) is 0 Å². The third-order valence-electron chi connectivity index (χ3n) is 5.57. The molecule has 1 aliphatic heterocycles. The van der Waals surface area contributed by atoms with Gasteiger partial charge in [0.2, 0.25) is 11.4 Å². The molecule has 0 N–H and O–H groups in total. The number of halogens is 4. The molecule has 1 nitrogen and oxygen atoms in total. The molecule has 4 aromatic rings. The van der Waals surface area contributed by atoms with Gasteiger partial charge in [-0.2, -0.15) is 4.57 Å². The third-order valence-corrected chi connectivity index (χ3v) is 5.57. The summed E-state index contributed by atoms with van der Waals surface area (Å²) in [6.45, 7) is 3.33. The summed E-state index contributed by atoms with van der Waals surface area (Å²) in [7, 11) is -6.00. The molecule has 6 heteroatoms. The Morgan fingerprint density at radius 3 is 1.78 bits per heavy atom. The van der Waals surface area contributed by atoms with Crippen LogP contribution in [0.4, 0.5) is 17.3 Å². The van der Waals surface area contributed by atoms with Gasteiger partial charge >= 0.3 is 7.25 Å². The summed E-state index contributed by atoms with van der Waals surface area (Å²) < 4.78 is 41.5. The van der Waals surface area contributed by atoms with Crippen LogP contribution in [0, 0.1) is 0 Å². The summed E-state index contributed by atoms with van der Waals surface area (Å²) >= 11 is 0. The van der Waals surface area contributed by atoms with Crippen molar-refractivity contribution in [3.8, 4) is 33.6 Å². The number of pyridine rings is 1. The van der Waals surface area contributed by atoms with Crippen molar-refractivity contribution in [1.29, 1.82) is 0 Å². The lowest BCUT2D eigenvalue weighted by Gasteiger charge is -2.23. The van der Waals surface area contributed by atoms with Crippen molar-refractivity contribution >= 4 is 7.25 Å². The fourth-order valence-electron chi connectivity index (χ4n) is 4.22. The van der Waals surface area contributed by atoms with Crippen molar-refractivity contribution in [1.82, 2.24) is 0 Å². The molecule has 0 radical (unpaired) electrons. The molecule has 0 bridgehead atoms. The lowest BCUT2D eigenvalue weighted by atomic mass is 9.88. The van der Waals surface area contributed by atoms with E-state index in [2.05, 4.69) is 109 Å². The van der Waals surface area contributed by atoms with E-state index in [1.54, 1.807) is 0 Å². The van der Waals surface area contributed by atoms with Crippen LogP contribution in [0.25, 0.3) is 33.6 Å². The zero-order valence-corrected chi connectivity index (χ0v) is 17.6. The Morgan fingerprint density at radius 1 is 0.656 bits per heavy atom. The van der Waals surface area contributed by atoms with Gasteiger partial charge in [0.1, 0.15) is 0 Å². The van der Waals surface area contributed by atoms with E-state index in [1.807, 2.05) is 0 Å². The van der Waals surface area contributed by atoms with Crippen molar-refractivity contribution in [3.63, 3.8) is 0 Å². The summed E-state index contributed by atoms with van der Waals surface area (Å²) in [4.78, 5) is 0. The Kier molecular flexibility index (Phi) is 6.13. The standard InChI is InChI=1S/C26H22N.BF4/c1-19-18-27-25(21-12-6-3-7-13-21)16-22(20-10-4-2-5-11-20)17-26(27)24-15-9-8-14-23(19)24;2-1(3,4)5/h2-17,19H,18H2,1H3;/q+1;-1. The molecule has 2 heterocycles. The Hall–Kier alpha value is -3.41. The molecule has 3 aromatic carbocycles. The average Bonchev–Trinajstić information content (AvgIpc) is 2.79. The van der Waals surface area contributed by atoms with E-state index in [4.69, 9.17) is 0 Å². The molecule has 1 aromatic heterocycles. The van der Waals surface area contributed by atoms with Gasteiger partial charge in [-0.1, -0.05) is 73.7 Å². The van der Waals surface area contributed by atoms with Gasteiger partial charge in [0.05, 0.1) is 0 Å². The first-order valence-electron chi connectivity index (χ1n) is 10.5. The molecule has 1 aliphatic rings.